The second kappa shape index (κ2) is 22.3. The topological polar surface area (TPSA) is 410 Å². The number of thioether (sulfide) groups is 1. The summed E-state index contributed by atoms with van der Waals surface area (Å²) < 4.78 is 67.2. The van der Waals surface area contributed by atoms with Crippen molar-refractivity contribution in [1.82, 2.24) is 30.2 Å². The number of phosphoric ester groups is 3. The summed E-state index contributed by atoms with van der Waals surface area (Å²) in [5.74, 6) is -1.80. The zero-order chi connectivity index (χ0) is 47.6. The van der Waals surface area contributed by atoms with Crippen LogP contribution in [0.25, 0.3) is 17.2 Å². The van der Waals surface area contributed by atoms with Gasteiger partial charge < -0.3 is 60.7 Å². The fraction of sp³-hybridized carbons (Fsp3) is 0.485. The number of hydrogen-bond acceptors (Lipinski definition) is 21. The fourth-order valence-electron chi connectivity index (χ4n) is 5.53. The molecule has 3 aromatic rings. The Hall–Kier alpha value is -4.21. The predicted molar refractivity (Wildman–Crippen MR) is 220 cm³/mol. The van der Waals surface area contributed by atoms with Crippen molar-refractivity contribution < 1.29 is 95.1 Å². The van der Waals surface area contributed by atoms with Gasteiger partial charge in [0.15, 0.2) is 40.1 Å². The summed E-state index contributed by atoms with van der Waals surface area (Å²) in [5, 5.41) is 35.6. The van der Waals surface area contributed by atoms with Gasteiger partial charge in [-0.05, 0) is 23.8 Å². The van der Waals surface area contributed by atoms with Gasteiger partial charge in [-0.1, -0.05) is 37.8 Å². The molecule has 7 atom stereocenters. The van der Waals surface area contributed by atoms with Crippen molar-refractivity contribution in [3.8, 4) is 11.5 Å². The zero-order valence-electron chi connectivity index (χ0n) is 33.9. The first-order valence-electron chi connectivity index (χ1n) is 18.4. The second-order valence-electron chi connectivity index (χ2n) is 14.2. The lowest BCUT2D eigenvalue weighted by atomic mass is 9.87. The number of rotatable bonds is 24. The number of nitrogens with one attached hydrogen (secondary N) is 2. The van der Waals surface area contributed by atoms with Gasteiger partial charge in [-0.25, -0.2) is 28.6 Å². The number of aliphatic hydroxyl groups is 2. The van der Waals surface area contributed by atoms with Gasteiger partial charge in [0.2, 0.25) is 11.8 Å². The molecule has 1 saturated heterocycles. The minimum atomic E-state index is -5.60. The number of fused-ring (bicyclic) bond motifs is 1. The molecule has 4 rings (SSSR count). The molecule has 0 aliphatic carbocycles. The Morgan fingerprint density at radius 2 is 1.75 bits per heavy atom. The number of phosphoric acid groups is 3. The molecule has 2 unspecified atom stereocenters. The molecule has 2 aromatic heterocycles. The summed E-state index contributed by atoms with van der Waals surface area (Å²) in [6, 6.07) is 4.45. The molecule has 0 bridgehead atoms. The minimum Gasteiger partial charge on any atom is -0.504 e. The molecule has 2 amide bonds. The summed E-state index contributed by atoms with van der Waals surface area (Å²) in [6.45, 7) is 0.140. The molecule has 0 saturated carbocycles. The number of aromatic nitrogens is 4. The maximum atomic E-state index is 12.7. The molecule has 64 heavy (non-hydrogen) atoms. The third kappa shape index (κ3) is 15.5. The number of ketones is 1. The molecule has 3 heterocycles. The smallest absolute Gasteiger partial charge is 0.481 e. The molecule has 1 aliphatic heterocycles. The summed E-state index contributed by atoms with van der Waals surface area (Å²) in [5.41, 5.74) is 4.75. The normalized spacial score (nSPS) is 20.4. The van der Waals surface area contributed by atoms with E-state index in [4.69, 9.17) is 24.3 Å². The van der Waals surface area contributed by atoms with Gasteiger partial charge >= 0.3 is 23.5 Å². The van der Waals surface area contributed by atoms with Crippen molar-refractivity contribution in [2.45, 2.75) is 57.3 Å². The first-order chi connectivity index (χ1) is 29.8. The minimum absolute atomic E-state index is 0.0164. The molecule has 1 aromatic carbocycles. The van der Waals surface area contributed by atoms with E-state index in [-0.39, 0.29) is 53.7 Å². The maximum absolute atomic E-state index is 12.7. The van der Waals surface area contributed by atoms with Crippen molar-refractivity contribution in [2.24, 2.45) is 5.41 Å². The summed E-state index contributed by atoms with van der Waals surface area (Å²) in [7, 11) is -15.1. The number of aromatic hydroxyl groups is 1. The number of ether oxygens (including phenoxy) is 2. The highest BCUT2D eigenvalue weighted by Gasteiger charge is 2.50. The molecule has 11 N–H and O–H groups in total. The van der Waals surface area contributed by atoms with E-state index in [0.717, 1.165) is 29.0 Å². The fourth-order valence-corrected chi connectivity index (χ4v) is 9.04. The van der Waals surface area contributed by atoms with Crippen LogP contribution in [0, 0.1) is 5.41 Å². The number of hydrogen-bond donors (Lipinski definition) is 10. The number of carbonyl (C=O) groups is 4. The van der Waals surface area contributed by atoms with E-state index in [0.29, 0.717) is 5.56 Å². The number of allylic oxidation sites excluding steroid dienone is 1. The number of phenolic OH excluding ortho intramolecular Hbond substituents is 1. The number of phenols is 1. The van der Waals surface area contributed by atoms with Gasteiger partial charge in [-0.2, -0.15) is 4.31 Å². The largest absolute Gasteiger partial charge is 0.504 e. The van der Waals surface area contributed by atoms with E-state index in [9.17, 15) is 67.8 Å². The molecule has 354 valence electrons. The average molecular weight is 986 g/mol. The number of nitrogens with zero attached hydrogens (tertiary/aromatic N) is 4. The van der Waals surface area contributed by atoms with E-state index in [1.54, 1.807) is 6.07 Å². The van der Waals surface area contributed by atoms with Gasteiger partial charge in [0.25, 0.3) is 0 Å². The zero-order valence-corrected chi connectivity index (χ0v) is 37.4. The Morgan fingerprint density at radius 1 is 1.05 bits per heavy atom. The highest BCUT2D eigenvalue weighted by atomic mass is 32.2. The van der Waals surface area contributed by atoms with Crippen molar-refractivity contribution >= 4 is 81.0 Å². The van der Waals surface area contributed by atoms with Gasteiger partial charge in [0, 0.05) is 30.7 Å². The van der Waals surface area contributed by atoms with Crippen LogP contribution in [-0.4, -0.2) is 141 Å². The van der Waals surface area contributed by atoms with Crippen LogP contribution in [0.15, 0.2) is 36.9 Å². The molecular weight excluding hydrogens is 939 g/mol. The Kier molecular flexibility index (Phi) is 18.3. The Balaban J connectivity index is 1.17. The number of anilines is 1. The molecule has 1 fully saturated rings. The lowest BCUT2D eigenvalue weighted by Gasteiger charge is -2.30. The highest BCUT2D eigenvalue weighted by Crippen LogP contribution is 2.61. The summed E-state index contributed by atoms with van der Waals surface area (Å²) in [6.07, 6.45) is -4.88. The van der Waals surface area contributed by atoms with Gasteiger partial charge in [0.1, 0.15) is 36.3 Å². The van der Waals surface area contributed by atoms with Gasteiger partial charge in [-0.3, -0.25) is 37.3 Å². The number of carbonyl (C=O) groups excluding carboxylic acids is 4. The lowest BCUT2D eigenvalue weighted by Crippen LogP contribution is -2.46. The molecule has 0 radical (unpaired) electrons. The van der Waals surface area contributed by atoms with Crippen molar-refractivity contribution in [1.29, 1.82) is 0 Å². The SMILES string of the molecule is COc1cc(/C=C/C(=O)CC(=O)SCCNC(=O)CCNC(=O)[C@H](O)C(C)(C)COP(=O)(O)OP(=O)(O)OC[C@H]2O[C@@H](n3cnc4c(N)ncnc43)[C@H](O)[C@@H]2OP(=O)(O)O)ccc1O. The van der Waals surface area contributed by atoms with Gasteiger partial charge in [0.05, 0.1) is 33.1 Å². The number of aliphatic hydroxyl groups excluding tert-OH is 2. The summed E-state index contributed by atoms with van der Waals surface area (Å²) >= 11 is 0.820. The quantitative estimate of drug-likeness (QED) is 0.0245. The second-order valence-corrected chi connectivity index (χ2v) is 19.6. The number of methoxy groups -OCH3 is 1. The van der Waals surface area contributed by atoms with Crippen LogP contribution in [-0.2, 0) is 55.5 Å². The van der Waals surface area contributed by atoms with Crippen molar-refractivity contribution in [2.75, 3.05) is 44.9 Å². The number of nitrogens with two attached hydrogens (primary N) is 1. The third-order valence-corrected chi connectivity index (χ3v) is 12.7. The molecule has 1 aliphatic rings. The Morgan fingerprint density at radius 3 is 2.44 bits per heavy atom. The van der Waals surface area contributed by atoms with E-state index < -0.39 is 102 Å². The molecule has 27 nitrogen and oxygen atoms in total. The molecule has 0 spiro atoms. The van der Waals surface area contributed by atoms with Crippen LogP contribution in [0.5, 0.6) is 11.5 Å². The first kappa shape index (κ1) is 52.4. The average Bonchev–Trinajstić information content (AvgIpc) is 3.77. The number of amides is 2. The van der Waals surface area contributed by atoms with E-state index in [1.165, 1.54) is 45.2 Å². The Labute approximate surface area is 367 Å². The predicted octanol–water partition coefficient (Wildman–Crippen LogP) is 0.0515. The van der Waals surface area contributed by atoms with Gasteiger partial charge in [-0.15, -0.1) is 0 Å². The summed E-state index contributed by atoms with van der Waals surface area (Å²) in [4.78, 5) is 100. The van der Waals surface area contributed by atoms with E-state index in [1.807, 2.05) is 0 Å². The van der Waals surface area contributed by atoms with Crippen LogP contribution in [0.3, 0.4) is 0 Å². The van der Waals surface area contributed by atoms with Crippen LogP contribution >= 0.6 is 35.2 Å². The number of nitrogen functional groups attached to an aromatic ring is 1. The standard InChI is InChI=1S/C33H46N7O20P3S/c1-33(2,28(46)31(47)36-9-8-23(43)35-10-11-64-24(44)13-19(41)6-4-18-5-7-20(42)21(12-18)55-3)15-57-63(53,54)60-62(51,52)56-14-22-27(59-61(48,49)50)26(45)32(58-22)40-17-39-25-29(34)37-16-38-30(25)40/h4-7,12,16-17,22,26-28,32,42,45-46H,8-11,13-15H2,1-3H3,(H,35,43)(H,36,47)(H,51,52)(H,53,54)(H2,34,37,38)(H2,48,49,50)/b6-4+/t22-,26-,27-,28+,32-/m1/s1. The maximum Gasteiger partial charge on any atom is 0.481 e. The lowest BCUT2D eigenvalue weighted by molar-refractivity contribution is -0.137. The van der Waals surface area contributed by atoms with E-state index in [2.05, 4.69) is 34.4 Å². The molecule has 31 heteroatoms. The third-order valence-electron chi connectivity index (χ3n) is 8.75. The van der Waals surface area contributed by atoms with Crippen LogP contribution in [0.1, 0.15) is 38.5 Å². The monoisotopic (exact) mass is 985 g/mol. The highest BCUT2D eigenvalue weighted by molar-refractivity contribution is 8.13. The number of benzene rings is 1. The van der Waals surface area contributed by atoms with E-state index >= 15 is 0 Å². The molecular formula is C33H46N7O20P3S. The Bertz CT molecular complexity index is 2350. The van der Waals surface area contributed by atoms with Crippen LogP contribution in [0.2, 0.25) is 0 Å². The first-order valence-corrected chi connectivity index (χ1v) is 23.9. The van der Waals surface area contributed by atoms with Crippen LogP contribution in [0.4, 0.5) is 5.82 Å². The number of imidazole rings is 1. The van der Waals surface area contributed by atoms with Crippen LogP contribution < -0.4 is 21.1 Å². The van der Waals surface area contributed by atoms with Crippen molar-refractivity contribution in [3.05, 3.63) is 42.5 Å². The van der Waals surface area contributed by atoms with Crippen molar-refractivity contribution in [3.63, 3.8) is 0 Å².